The third-order valence-corrected chi connectivity index (χ3v) is 8.53. The summed E-state index contributed by atoms with van der Waals surface area (Å²) in [6, 6.07) is 12.4. The van der Waals surface area contributed by atoms with Gasteiger partial charge in [-0.1, -0.05) is 43.6 Å². The molecule has 2 aliphatic rings. The summed E-state index contributed by atoms with van der Waals surface area (Å²) in [5.41, 5.74) is 5.28. The highest BCUT2D eigenvalue weighted by Crippen LogP contribution is 2.40. The van der Waals surface area contributed by atoms with Crippen molar-refractivity contribution in [3.63, 3.8) is 0 Å². The molecule has 214 valence electrons. The monoisotopic (exact) mass is 581 g/mol. The Hall–Kier alpha value is -2.97. The number of piperidine rings is 1. The lowest BCUT2D eigenvalue weighted by molar-refractivity contribution is -0.129. The molecule has 1 atom stereocenters. The quantitative estimate of drug-likeness (QED) is 0.292. The fourth-order valence-electron chi connectivity index (χ4n) is 5.31. The number of carbonyl (C=O) groups is 1. The summed E-state index contributed by atoms with van der Waals surface area (Å²) >= 11 is 7.93. The van der Waals surface area contributed by atoms with Crippen LogP contribution < -0.4 is 15.4 Å². The van der Waals surface area contributed by atoms with E-state index in [0.717, 1.165) is 43.8 Å². The Balaban J connectivity index is 0.000000185. The zero-order chi connectivity index (χ0) is 28.8. The SMILES string of the molecule is CC(=O)N1CCC(c2c(C)ccc3c2C[C@H](C)O3)CC1.CNc1ncc(Cl)c(Nc2ccccc2SC(C)C)n1. The van der Waals surface area contributed by atoms with Crippen molar-refractivity contribution in [2.75, 3.05) is 30.8 Å². The lowest BCUT2D eigenvalue weighted by Crippen LogP contribution is -2.36. The van der Waals surface area contributed by atoms with E-state index >= 15 is 0 Å². The van der Waals surface area contributed by atoms with Gasteiger partial charge in [-0.15, -0.1) is 11.8 Å². The van der Waals surface area contributed by atoms with Crippen molar-refractivity contribution >= 4 is 46.7 Å². The van der Waals surface area contributed by atoms with Crippen LogP contribution in [0.25, 0.3) is 0 Å². The zero-order valence-electron chi connectivity index (χ0n) is 24.3. The zero-order valence-corrected chi connectivity index (χ0v) is 25.8. The molecule has 0 aliphatic carbocycles. The van der Waals surface area contributed by atoms with Gasteiger partial charge in [-0.3, -0.25) is 4.79 Å². The fourth-order valence-corrected chi connectivity index (χ4v) is 6.36. The van der Waals surface area contributed by atoms with Crippen LogP contribution in [0.2, 0.25) is 5.02 Å². The lowest BCUT2D eigenvalue weighted by atomic mass is 9.83. The molecule has 1 aromatic heterocycles. The van der Waals surface area contributed by atoms with Gasteiger partial charge < -0.3 is 20.3 Å². The van der Waals surface area contributed by atoms with E-state index in [0.29, 0.717) is 34.1 Å². The first kappa shape index (κ1) is 30.0. The van der Waals surface area contributed by atoms with Crippen LogP contribution in [0.1, 0.15) is 63.1 Å². The van der Waals surface area contributed by atoms with Gasteiger partial charge in [0.05, 0.1) is 11.9 Å². The maximum Gasteiger partial charge on any atom is 0.224 e. The molecule has 1 amide bonds. The Bertz CT molecular complexity index is 1330. The fraction of sp³-hybridized carbons (Fsp3) is 0.452. The number of anilines is 3. The summed E-state index contributed by atoms with van der Waals surface area (Å²) in [4.78, 5) is 23.0. The number of likely N-dealkylation sites (tertiary alicyclic amines) is 1. The predicted molar refractivity (Wildman–Crippen MR) is 167 cm³/mol. The number of aryl methyl sites for hydroxylation is 1. The minimum absolute atomic E-state index is 0.204. The number of aromatic nitrogens is 2. The van der Waals surface area contributed by atoms with E-state index in [1.807, 2.05) is 23.1 Å². The van der Waals surface area contributed by atoms with E-state index in [2.05, 4.69) is 66.5 Å². The molecule has 0 spiro atoms. The van der Waals surface area contributed by atoms with Crippen LogP contribution in [0.3, 0.4) is 0 Å². The number of rotatable bonds is 6. The van der Waals surface area contributed by atoms with Crippen LogP contribution in [0.5, 0.6) is 5.75 Å². The van der Waals surface area contributed by atoms with Crippen LogP contribution in [-0.4, -0.2) is 52.3 Å². The largest absolute Gasteiger partial charge is 0.490 e. The van der Waals surface area contributed by atoms with Gasteiger partial charge in [0.1, 0.15) is 16.9 Å². The van der Waals surface area contributed by atoms with E-state index in [9.17, 15) is 4.79 Å². The first-order chi connectivity index (χ1) is 19.2. The maximum atomic E-state index is 11.4. The Morgan fingerprint density at radius 2 is 1.90 bits per heavy atom. The highest BCUT2D eigenvalue weighted by molar-refractivity contribution is 8.00. The van der Waals surface area contributed by atoms with Crippen LogP contribution in [0.15, 0.2) is 47.5 Å². The van der Waals surface area contributed by atoms with Crippen molar-refractivity contribution < 1.29 is 9.53 Å². The third kappa shape index (κ3) is 7.40. The number of ether oxygens (including phenoxy) is 1. The Kier molecular flexibility index (Phi) is 10.2. The molecule has 9 heteroatoms. The second-order valence-corrected chi connectivity index (χ2v) is 12.6. The number of carbonyl (C=O) groups excluding carboxylic acids is 1. The molecule has 1 fully saturated rings. The van der Waals surface area contributed by atoms with Crippen molar-refractivity contribution in [2.45, 2.75) is 76.0 Å². The molecule has 3 heterocycles. The summed E-state index contributed by atoms with van der Waals surface area (Å²) in [7, 11) is 1.77. The van der Waals surface area contributed by atoms with Gasteiger partial charge >= 0.3 is 0 Å². The molecule has 2 N–H and O–H groups in total. The maximum absolute atomic E-state index is 11.4. The molecule has 3 aromatic rings. The first-order valence-corrected chi connectivity index (χ1v) is 15.2. The Labute approximate surface area is 247 Å². The predicted octanol–water partition coefficient (Wildman–Crippen LogP) is 7.46. The molecule has 7 nitrogen and oxygen atoms in total. The molecule has 5 rings (SSSR count). The van der Waals surface area contributed by atoms with Crippen molar-refractivity contribution in [2.24, 2.45) is 0 Å². The summed E-state index contributed by atoms with van der Waals surface area (Å²) in [5.74, 6) is 2.99. The minimum atomic E-state index is 0.204. The second-order valence-electron chi connectivity index (χ2n) is 10.6. The third-order valence-electron chi connectivity index (χ3n) is 7.17. The summed E-state index contributed by atoms with van der Waals surface area (Å²) in [5, 5.41) is 7.18. The van der Waals surface area contributed by atoms with Crippen LogP contribution in [0.4, 0.5) is 17.5 Å². The second kappa shape index (κ2) is 13.6. The number of halogens is 1. The number of hydrogen-bond donors (Lipinski definition) is 2. The number of nitrogens with zero attached hydrogens (tertiary/aromatic N) is 3. The van der Waals surface area contributed by atoms with E-state index in [4.69, 9.17) is 16.3 Å². The molecule has 0 unspecified atom stereocenters. The van der Waals surface area contributed by atoms with Crippen LogP contribution in [0, 0.1) is 6.92 Å². The number of nitrogens with one attached hydrogen (secondary N) is 2. The van der Waals surface area contributed by atoms with Gasteiger partial charge in [0, 0.05) is 49.2 Å². The minimum Gasteiger partial charge on any atom is -0.490 e. The average Bonchev–Trinajstić information content (AvgIpc) is 3.31. The van der Waals surface area contributed by atoms with E-state index < -0.39 is 0 Å². The summed E-state index contributed by atoms with van der Waals surface area (Å²) in [6.07, 6.45) is 5.05. The molecule has 1 saturated heterocycles. The van der Waals surface area contributed by atoms with E-state index in [1.165, 1.54) is 21.6 Å². The number of thioether (sulfide) groups is 1. The van der Waals surface area contributed by atoms with Crippen molar-refractivity contribution in [1.29, 1.82) is 0 Å². The van der Waals surface area contributed by atoms with Gasteiger partial charge in [-0.2, -0.15) is 4.98 Å². The highest BCUT2D eigenvalue weighted by Gasteiger charge is 2.29. The van der Waals surface area contributed by atoms with Gasteiger partial charge in [0.2, 0.25) is 11.9 Å². The molecule has 0 radical (unpaired) electrons. The van der Waals surface area contributed by atoms with Gasteiger partial charge in [0.15, 0.2) is 5.82 Å². The van der Waals surface area contributed by atoms with Gasteiger partial charge in [0.25, 0.3) is 0 Å². The number of fused-ring (bicyclic) bond motifs is 1. The standard InChI is InChI=1S/C17H23NO2.C14H17ClN4S/c1-11-4-5-16-15(10-12(2)20-16)17(11)14-6-8-18(9-7-14)13(3)19;1-9(2)20-12-7-5-4-6-11(12)18-13-10(15)8-17-14(16-3)19-13/h4-5,12,14H,6-10H2,1-3H3;4-9H,1-3H3,(H2,16,17,18,19)/t12-;/m0./s1. The molecular weight excluding hydrogens is 542 g/mol. The Morgan fingerprint density at radius 1 is 1.18 bits per heavy atom. The summed E-state index contributed by atoms with van der Waals surface area (Å²) in [6.45, 7) is 12.1. The number of amides is 1. The molecule has 0 bridgehead atoms. The van der Waals surface area contributed by atoms with Crippen molar-refractivity contribution in [1.82, 2.24) is 14.9 Å². The molecular formula is C31H40ClN5O2S. The first-order valence-electron chi connectivity index (χ1n) is 13.9. The summed E-state index contributed by atoms with van der Waals surface area (Å²) < 4.78 is 5.89. The number of para-hydroxylation sites is 1. The topological polar surface area (TPSA) is 79.4 Å². The smallest absolute Gasteiger partial charge is 0.224 e. The lowest BCUT2D eigenvalue weighted by Gasteiger charge is -2.33. The molecule has 2 aliphatic heterocycles. The highest BCUT2D eigenvalue weighted by atomic mass is 35.5. The van der Waals surface area contributed by atoms with Crippen LogP contribution in [-0.2, 0) is 11.2 Å². The van der Waals surface area contributed by atoms with E-state index in [1.54, 1.807) is 31.9 Å². The van der Waals surface area contributed by atoms with Gasteiger partial charge in [-0.25, -0.2) is 4.98 Å². The molecule has 40 heavy (non-hydrogen) atoms. The molecule has 2 aromatic carbocycles. The van der Waals surface area contributed by atoms with Crippen molar-refractivity contribution in [3.8, 4) is 5.75 Å². The van der Waals surface area contributed by atoms with E-state index in [-0.39, 0.29) is 5.91 Å². The van der Waals surface area contributed by atoms with Crippen LogP contribution >= 0.6 is 23.4 Å². The van der Waals surface area contributed by atoms with Gasteiger partial charge in [-0.05, 0) is 61.9 Å². The number of benzene rings is 2. The molecule has 0 saturated carbocycles. The Morgan fingerprint density at radius 3 is 2.58 bits per heavy atom. The van der Waals surface area contributed by atoms with Crippen molar-refractivity contribution in [3.05, 3.63) is 64.3 Å². The normalized spacial score (nSPS) is 16.6. The number of hydrogen-bond acceptors (Lipinski definition) is 7. The average molecular weight is 582 g/mol.